The van der Waals surface area contributed by atoms with Crippen molar-refractivity contribution >= 4 is 21.5 Å². The van der Waals surface area contributed by atoms with Gasteiger partial charge in [0.2, 0.25) is 0 Å². The molecular weight excluding hydrogens is 468 g/mol. The minimum Gasteiger partial charge on any atom is -0.507 e. The van der Waals surface area contributed by atoms with Crippen molar-refractivity contribution in [3.63, 3.8) is 0 Å². The lowest BCUT2D eigenvalue weighted by Gasteiger charge is -2.19. The number of hydrogen-bond acceptors (Lipinski definition) is 2. The van der Waals surface area contributed by atoms with Crippen LogP contribution in [0.3, 0.4) is 0 Å². The molecule has 0 saturated carbocycles. The largest absolute Gasteiger partial charge is 0.507 e. The van der Waals surface area contributed by atoms with E-state index in [9.17, 15) is 10.2 Å². The molecule has 0 radical (unpaired) electrons. The molecule has 6 aromatic rings. The summed E-state index contributed by atoms with van der Waals surface area (Å²) in [5, 5.41) is 27.8. The Morgan fingerprint density at radius 1 is 0.605 bits per heavy atom. The molecular formula is C34H32N2O2. The lowest BCUT2D eigenvalue weighted by molar-refractivity contribution is 0.472. The van der Waals surface area contributed by atoms with E-state index in [0.29, 0.717) is 11.1 Å². The van der Waals surface area contributed by atoms with E-state index in [1.807, 2.05) is 60.9 Å². The Kier molecular flexibility index (Phi) is 5.76. The van der Waals surface area contributed by atoms with Gasteiger partial charge in [0.05, 0.1) is 11.4 Å². The summed E-state index contributed by atoms with van der Waals surface area (Å²) in [5.41, 5.74) is 9.24. The zero-order valence-corrected chi connectivity index (χ0v) is 22.2. The number of phenolic OH excluding ortho intramolecular Hbond substituents is 2. The van der Waals surface area contributed by atoms with Gasteiger partial charge in [0, 0.05) is 34.6 Å². The van der Waals surface area contributed by atoms with Crippen molar-refractivity contribution < 1.29 is 10.2 Å². The van der Waals surface area contributed by atoms with E-state index >= 15 is 0 Å². The lowest BCUT2D eigenvalue weighted by Crippen LogP contribution is -1.93. The molecule has 4 N–H and O–H groups in total. The van der Waals surface area contributed by atoms with Gasteiger partial charge in [-0.25, -0.2) is 0 Å². The van der Waals surface area contributed by atoms with Gasteiger partial charge in [-0.3, -0.25) is 0 Å². The van der Waals surface area contributed by atoms with E-state index in [2.05, 4.69) is 49.8 Å². The fraction of sp³-hybridized carbons (Fsp3) is 0.176. The smallest absolute Gasteiger partial charge is 0.133 e. The summed E-state index contributed by atoms with van der Waals surface area (Å²) in [6.07, 6.45) is 5.86. The molecule has 6 rings (SSSR count). The molecule has 0 bridgehead atoms. The summed E-state index contributed by atoms with van der Waals surface area (Å²) in [6.45, 7) is 8.44. The van der Waals surface area contributed by atoms with Crippen molar-refractivity contribution in [2.45, 2.75) is 40.5 Å². The first-order chi connectivity index (χ1) is 18.4. The molecule has 0 aliphatic rings. The average Bonchev–Trinajstić information content (AvgIpc) is 3.50. The molecule has 0 fully saturated rings. The Morgan fingerprint density at radius 3 is 1.37 bits per heavy atom. The van der Waals surface area contributed by atoms with Crippen LogP contribution in [0.1, 0.15) is 36.1 Å². The zero-order chi connectivity index (χ0) is 26.6. The van der Waals surface area contributed by atoms with Crippen LogP contribution in [0.5, 0.6) is 11.5 Å². The zero-order valence-electron chi connectivity index (χ0n) is 22.2. The highest BCUT2D eigenvalue weighted by molar-refractivity contribution is 6.13. The van der Waals surface area contributed by atoms with Crippen LogP contribution >= 0.6 is 0 Å². The highest BCUT2D eigenvalue weighted by Crippen LogP contribution is 2.51. The fourth-order valence-electron chi connectivity index (χ4n) is 5.93. The third kappa shape index (κ3) is 3.52. The third-order valence-electron chi connectivity index (χ3n) is 8.09. The maximum atomic E-state index is 12.0. The second-order valence-electron chi connectivity index (χ2n) is 10.1. The van der Waals surface area contributed by atoms with Gasteiger partial charge in [-0.15, -0.1) is 0 Å². The van der Waals surface area contributed by atoms with E-state index in [4.69, 9.17) is 0 Å². The number of aromatic hydroxyl groups is 2. The summed E-state index contributed by atoms with van der Waals surface area (Å²) in [7, 11) is 0. The van der Waals surface area contributed by atoms with Crippen molar-refractivity contribution in [2.75, 3.05) is 0 Å². The highest BCUT2D eigenvalue weighted by atomic mass is 16.3. The number of aromatic nitrogens is 2. The van der Waals surface area contributed by atoms with Crippen LogP contribution in [0.4, 0.5) is 0 Å². The van der Waals surface area contributed by atoms with Gasteiger partial charge in [-0.05, 0) is 82.6 Å². The van der Waals surface area contributed by atoms with E-state index in [1.165, 1.54) is 11.1 Å². The fourth-order valence-corrected chi connectivity index (χ4v) is 5.93. The summed E-state index contributed by atoms with van der Waals surface area (Å²) < 4.78 is 0. The number of aryl methyl sites for hydroxylation is 2. The molecule has 0 saturated heterocycles. The number of hydrogen-bond donors (Lipinski definition) is 4. The Labute approximate surface area is 222 Å². The van der Waals surface area contributed by atoms with E-state index in [0.717, 1.165) is 68.0 Å². The van der Waals surface area contributed by atoms with E-state index in [1.54, 1.807) is 0 Å². The molecule has 4 aromatic carbocycles. The number of fused-ring (bicyclic) bond motifs is 2. The van der Waals surface area contributed by atoms with Crippen molar-refractivity contribution in [1.82, 2.24) is 9.97 Å². The first-order valence-electron chi connectivity index (χ1n) is 13.3. The monoisotopic (exact) mass is 500 g/mol. The van der Waals surface area contributed by atoms with Crippen molar-refractivity contribution in [3.05, 3.63) is 95.3 Å². The maximum absolute atomic E-state index is 12.0. The highest BCUT2D eigenvalue weighted by Gasteiger charge is 2.25. The quantitative estimate of drug-likeness (QED) is 0.191. The lowest BCUT2D eigenvalue weighted by atomic mass is 9.87. The minimum atomic E-state index is 0.159. The molecule has 0 unspecified atom stereocenters. The first kappa shape index (κ1) is 23.9. The van der Waals surface area contributed by atoms with Crippen molar-refractivity contribution in [3.8, 4) is 45.1 Å². The van der Waals surface area contributed by atoms with Crippen molar-refractivity contribution in [1.29, 1.82) is 0 Å². The van der Waals surface area contributed by atoms with Gasteiger partial charge in [0.15, 0.2) is 0 Å². The Hall–Kier alpha value is -4.44. The van der Waals surface area contributed by atoms with Gasteiger partial charge in [-0.1, -0.05) is 62.4 Å². The summed E-state index contributed by atoms with van der Waals surface area (Å²) in [5.74, 6) is 0.317. The summed E-state index contributed by atoms with van der Waals surface area (Å²) >= 11 is 0. The van der Waals surface area contributed by atoms with Crippen LogP contribution < -0.4 is 0 Å². The molecule has 38 heavy (non-hydrogen) atoms. The van der Waals surface area contributed by atoms with Crippen LogP contribution in [-0.4, -0.2) is 20.2 Å². The first-order valence-corrected chi connectivity index (χ1v) is 13.3. The van der Waals surface area contributed by atoms with Gasteiger partial charge in [-0.2, -0.15) is 0 Å². The second-order valence-corrected chi connectivity index (χ2v) is 10.1. The minimum absolute atomic E-state index is 0.159. The standard InChI is InChI=1S/C34H32N2O2/c1-5-21-17-35-31(19(21)3)27-15-23-11-7-9-13-25(23)29(33(27)37)30-26-14-10-8-12-24(26)16-28(34(30)38)32-20(4)22(6-2)18-36-32/h7-18,35-38H,5-6H2,1-4H3. The number of phenols is 2. The molecule has 4 heteroatoms. The summed E-state index contributed by atoms with van der Waals surface area (Å²) in [6, 6.07) is 20.2. The molecule has 0 amide bonds. The van der Waals surface area contributed by atoms with Crippen LogP contribution in [0.15, 0.2) is 73.1 Å². The maximum Gasteiger partial charge on any atom is 0.133 e. The van der Waals surface area contributed by atoms with Crippen molar-refractivity contribution in [2.24, 2.45) is 0 Å². The predicted octanol–water partition coefficient (Wildman–Crippen LogP) is 8.80. The molecule has 2 heterocycles. The number of H-pyrrole nitrogens is 2. The van der Waals surface area contributed by atoms with Crippen LogP contribution in [0, 0.1) is 13.8 Å². The normalized spacial score (nSPS) is 11.6. The summed E-state index contributed by atoms with van der Waals surface area (Å²) in [4.78, 5) is 6.81. The topological polar surface area (TPSA) is 72.0 Å². The van der Waals surface area contributed by atoms with E-state index in [-0.39, 0.29) is 11.5 Å². The predicted molar refractivity (Wildman–Crippen MR) is 158 cm³/mol. The van der Waals surface area contributed by atoms with Crippen LogP contribution in [0.25, 0.3) is 55.2 Å². The number of rotatable bonds is 5. The molecule has 0 atom stereocenters. The van der Waals surface area contributed by atoms with Gasteiger partial charge in [0.1, 0.15) is 11.5 Å². The molecule has 190 valence electrons. The average molecular weight is 501 g/mol. The van der Waals surface area contributed by atoms with Gasteiger partial charge >= 0.3 is 0 Å². The second kappa shape index (κ2) is 9.14. The number of nitrogens with one attached hydrogen (secondary N) is 2. The molecule has 0 aliphatic carbocycles. The Bertz CT molecular complexity index is 1700. The molecule has 2 aromatic heterocycles. The molecule has 0 spiro atoms. The van der Waals surface area contributed by atoms with Crippen LogP contribution in [0.2, 0.25) is 0 Å². The SMILES string of the molecule is CCc1c[nH]c(-c2cc3ccccc3c(-c3c(O)c(-c4[nH]cc(CC)c4C)cc4ccccc34)c2O)c1C. The molecule has 0 aliphatic heterocycles. The molecule has 4 nitrogen and oxygen atoms in total. The van der Waals surface area contributed by atoms with E-state index < -0.39 is 0 Å². The number of benzene rings is 4. The Morgan fingerprint density at radius 2 is 1.00 bits per heavy atom. The van der Waals surface area contributed by atoms with Gasteiger partial charge in [0.25, 0.3) is 0 Å². The number of aromatic amines is 2. The third-order valence-corrected chi connectivity index (χ3v) is 8.09. The van der Waals surface area contributed by atoms with Gasteiger partial charge < -0.3 is 20.2 Å². The van der Waals surface area contributed by atoms with Crippen LogP contribution in [-0.2, 0) is 12.8 Å². The Balaban J connectivity index is 1.75.